The molecule has 0 aliphatic heterocycles. The predicted octanol–water partition coefficient (Wildman–Crippen LogP) is 4.01. The van der Waals surface area contributed by atoms with E-state index in [0.717, 1.165) is 16.8 Å². The Hall–Kier alpha value is -2.47. The van der Waals surface area contributed by atoms with Gasteiger partial charge in [-0.05, 0) is 50.1 Å². The largest absolute Gasteiger partial charge is 0.495 e. The summed E-state index contributed by atoms with van der Waals surface area (Å²) in [6, 6.07) is 13.1. The van der Waals surface area contributed by atoms with Crippen LogP contribution in [-0.2, 0) is 9.59 Å². The topological polar surface area (TPSA) is 67.4 Å². The maximum atomic E-state index is 12.4. The van der Waals surface area contributed by atoms with E-state index in [0.29, 0.717) is 11.4 Å². The third kappa shape index (κ3) is 5.52. The van der Waals surface area contributed by atoms with Gasteiger partial charge in [0.05, 0.1) is 23.8 Å². The Labute approximate surface area is 158 Å². The molecule has 26 heavy (non-hydrogen) atoms. The Morgan fingerprint density at radius 3 is 2.54 bits per heavy atom. The molecule has 1 atom stereocenters. The maximum Gasteiger partial charge on any atom is 0.237 e. The molecule has 2 amide bonds. The molecule has 0 aliphatic rings. The van der Waals surface area contributed by atoms with Gasteiger partial charge in [0, 0.05) is 5.69 Å². The molecule has 0 aliphatic carbocycles. The van der Waals surface area contributed by atoms with Crippen LogP contribution in [0, 0.1) is 13.8 Å². The van der Waals surface area contributed by atoms with Crippen LogP contribution in [0.2, 0.25) is 0 Å². The molecule has 2 N–H and O–H groups in total. The van der Waals surface area contributed by atoms with Crippen molar-refractivity contribution in [1.29, 1.82) is 0 Å². The summed E-state index contributed by atoms with van der Waals surface area (Å²) in [6.45, 7) is 5.73. The van der Waals surface area contributed by atoms with Gasteiger partial charge in [-0.1, -0.05) is 24.3 Å². The average Bonchev–Trinajstić information content (AvgIpc) is 2.63. The van der Waals surface area contributed by atoms with Gasteiger partial charge in [-0.15, -0.1) is 11.8 Å². The number of ether oxygens (including phenoxy) is 1. The van der Waals surface area contributed by atoms with Gasteiger partial charge in [-0.3, -0.25) is 9.59 Å². The minimum absolute atomic E-state index is 0.117. The smallest absolute Gasteiger partial charge is 0.237 e. The number of benzene rings is 2. The standard InChI is InChI=1S/C20H24N2O3S/c1-13-9-10-14(2)17(11-13)22-20(24)15(3)26-12-19(23)21-16-7-5-6-8-18(16)25-4/h5-11,15H,12H2,1-4H3,(H,21,23)(H,22,24)/t15-/m1/s1. The normalized spacial score (nSPS) is 11.5. The minimum atomic E-state index is -0.349. The molecule has 0 bridgehead atoms. The Kier molecular flexibility index (Phi) is 7.09. The minimum Gasteiger partial charge on any atom is -0.495 e. The second kappa shape index (κ2) is 9.29. The fourth-order valence-electron chi connectivity index (χ4n) is 2.32. The zero-order valence-electron chi connectivity index (χ0n) is 15.5. The van der Waals surface area contributed by atoms with Crippen molar-refractivity contribution >= 4 is 35.0 Å². The Balaban J connectivity index is 1.87. The molecule has 0 aromatic heterocycles. The van der Waals surface area contributed by atoms with Gasteiger partial charge in [-0.25, -0.2) is 0 Å². The molecule has 2 rings (SSSR count). The lowest BCUT2D eigenvalue weighted by atomic mass is 10.1. The number of hydrogen-bond acceptors (Lipinski definition) is 4. The summed E-state index contributed by atoms with van der Waals surface area (Å²) in [7, 11) is 1.55. The molecule has 0 radical (unpaired) electrons. The number of amides is 2. The summed E-state index contributed by atoms with van der Waals surface area (Å²) in [5.41, 5.74) is 3.52. The molecule has 138 valence electrons. The number of thioether (sulfide) groups is 1. The summed E-state index contributed by atoms with van der Waals surface area (Å²) in [5, 5.41) is 5.39. The highest BCUT2D eigenvalue weighted by Gasteiger charge is 2.17. The van der Waals surface area contributed by atoms with Gasteiger partial charge < -0.3 is 15.4 Å². The average molecular weight is 372 g/mol. The van der Waals surface area contributed by atoms with Crippen molar-refractivity contribution in [3.8, 4) is 5.75 Å². The second-order valence-corrected chi connectivity index (χ2v) is 7.34. The second-order valence-electron chi connectivity index (χ2n) is 6.01. The first-order valence-electron chi connectivity index (χ1n) is 8.33. The first kappa shape index (κ1) is 19.8. The number of hydrogen-bond donors (Lipinski definition) is 2. The van der Waals surface area contributed by atoms with Gasteiger partial charge in [0.1, 0.15) is 5.75 Å². The monoisotopic (exact) mass is 372 g/mol. The van der Waals surface area contributed by atoms with Crippen LogP contribution in [0.4, 0.5) is 11.4 Å². The van der Waals surface area contributed by atoms with E-state index in [9.17, 15) is 9.59 Å². The lowest BCUT2D eigenvalue weighted by Gasteiger charge is -2.14. The van der Waals surface area contributed by atoms with Crippen molar-refractivity contribution in [2.75, 3.05) is 23.5 Å². The number of nitrogens with one attached hydrogen (secondary N) is 2. The van der Waals surface area contributed by atoms with Crippen LogP contribution in [0.15, 0.2) is 42.5 Å². The van der Waals surface area contributed by atoms with Crippen LogP contribution >= 0.6 is 11.8 Å². The van der Waals surface area contributed by atoms with Gasteiger partial charge in [0.25, 0.3) is 0 Å². The van der Waals surface area contributed by atoms with Gasteiger partial charge in [0.15, 0.2) is 0 Å². The fourth-order valence-corrected chi connectivity index (χ4v) is 3.00. The number of anilines is 2. The van der Waals surface area contributed by atoms with Gasteiger partial charge in [-0.2, -0.15) is 0 Å². The molecule has 0 fully saturated rings. The van der Waals surface area contributed by atoms with E-state index in [-0.39, 0.29) is 22.8 Å². The van der Waals surface area contributed by atoms with E-state index in [1.165, 1.54) is 11.8 Å². The zero-order chi connectivity index (χ0) is 19.1. The molecule has 6 heteroatoms. The summed E-state index contributed by atoms with van der Waals surface area (Å²) in [5.74, 6) is 0.491. The van der Waals surface area contributed by atoms with Crippen molar-refractivity contribution in [2.24, 2.45) is 0 Å². The third-order valence-electron chi connectivity index (χ3n) is 3.87. The SMILES string of the molecule is COc1ccccc1NC(=O)CS[C@H](C)C(=O)Nc1cc(C)ccc1C. The Bertz CT molecular complexity index is 792. The molecule has 2 aromatic carbocycles. The number of para-hydroxylation sites is 2. The predicted molar refractivity (Wildman–Crippen MR) is 108 cm³/mol. The lowest BCUT2D eigenvalue weighted by molar-refractivity contribution is -0.115. The number of aryl methyl sites for hydroxylation is 2. The summed E-state index contributed by atoms with van der Waals surface area (Å²) in [6.07, 6.45) is 0. The first-order chi connectivity index (χ1) is 12.4. The molecular formula is C20H24N2O3S. The molecule has 0 spiro atoms. The zero-order valence-corrected chi connectivity index (χ0v) is 16.3. The van der Waals surface area contributed by atoms with E-state index >= 15 is 0 Å². The van der Waals surface area contributed by atoms with Crippen LogP contribution in [0.3, 0.4) is 0 Å². The van der Waals surface area contributed by atoms with E-state index in [2.05, 4.69) is 10.6 Å². The molecule has 5 nitrogen and oxygen atoms in total. The number of methoxy groups -OCH3 is 1. The fraction of sp³-hybridized carbons (Fsp3) is 0.300. The van der Waals surface area contributed by atoms with Crippen LogP contribution in [-0.4, -0.2) is 29.9 Å². The van der Waals surface area contributed by atoms with Crippen molar-refractivity contribution in [2.45, 2.75) is 26.0 Å². The van der Waals surface area contributed by atoms with E-state index in [4.69, 9.17) is 4.74 Å². The van der Waals surface area contributed by atoms with E-state index in [1.807, 2.05) is 44.2 Å². The van der Waals surface area contributed by atoms with Crippen LogP contribution in [0.1, 0.15) is 18.1 Å². The first-order valence-corrected chi connectivity index (χ1v) is 9.38. The highest BCUT2D eigenvalue weighted by molar-refractivity contribution is 8.01. The highest BCUT2D eigenvalue weighted by Crippen LogP contribution is 2.24. The van der Waals surface area contributed by atoms with Gasteiger partial charge in [0.2, 0.25) is 11.8 Å². The number of carbonyl (C=O) groups is 2. The van der Waals surface area contributed by atoms with Crippen molar-refractivity contribution < 1.29 is 14.3 Å². The number of carbonyl (C=O) groups excluding carboxylic acids is 2. The van der Waals surface area contributed by atoms with E-state index < -0.39 is 0 Å². The van der Waals surface area contributed by atoms with Crippen LogP contribution in [0.5, 0.6) is 5.75 Å². The van der Waals surface area contributed by atoms with Gasteiger partial charge >= 0.3 is 0 Å². The quantitative estimate of drug-likeness (QED) is 0.771. The molecular weight excluding hydrogens is 348 g/mol. The Morgan fingerprint density at radius 2 is 1.81 bits per heavy atom. The third-order valence-corrected chi connectivity index (χ3v) is 5.01. The van der Waals surface area contributed by atoms with E-state index in [1.54, 1.807) is 26.2 Å². The van der Waals surface area contributed by atoms with Crippen LogP contribution < -0.4 is 15.4 Å². The van der Waals surface area contributed by atoms with Crippen LogP contribution in [0.25, 0.3) is 0 Å². The molecule has 0 heterocycles. The van der Waals surface area contributed by atoms with Crippen molar-refractivity contribution in [3.63, 3.8) is 0 Å². The molecule has 2 aromatic rings. The highest BCUT2D eigenvalue weighted by atomic mass is 32.2. The van der Waals surface area contributed by atoms with Crippen molar-refractivity contribution in [3.05, 3.63) is 53.6 Å². The summed E-state index contributed by atoms with van der Waals surface area (Å²) >= 11 is 1.29. The molecule has 0 saturated carbocycles. The number of rotatable bonds is 7. The molecule has 0 saturated heterocycles. The lowest BCUT2D eigenvalue weighted by Crippen LogP contribution is -2.25. The summed E-state index contributed by atoms with van der Waals surface area (Å²) in [4.78, 5) is 24.5. The maximum absolute atomic E-state index is 12.4. The molecule has 0 unspecified atom stereocenters. The van der Waals surface area contributed by atoms with Crippen molar-refractivity contribution in [1.82, 2.24) is 0 Å². The summed E-state index contributed by atoms with van der Waals surface area (Å²) < 4.78 is 5.21. The Morgan fingerprint density at radius 1 is 1.08 bits per heavy atom.